The van der Waals surface area contributed by atoms with E-state index in [1.54, 1.807) is 0 Å². The smallest absolute Gasteiger partial charge is 0.0678 e. The standard InChI is InChI=1S/C19H32N2O/c1-14-11-21(12-15(2)22-14)19-5-7-20(8-6-19)13-18-10-16-3-4-17(18)9-16/h3-4,14-19H,5-13H2,1-2H3/t14-,15+,16-,17-,18+/m0/s1. The van der Waals surface area contributed by atoms with Crippen molar-refractivity contribution in [1.82, 2.24) is 9.80 Å². The van der Waals surface area contributed by atoms with Crippen LogP contribution < -0.4 is 0 Å². The molecule has 4 aliphatic rings. The molecular formula is C19H32N2O. The minimum absolute atomic E-state index is 0.405. The van der Waals surface area contributed by atoms with Gasteiger partial charge in [0.15, 0.2) is 0 Å². The zero-order chi connectivity index (χ0) is 15.1. The van der Waals surface area contributed by atoms with Crippen LogP contribution in [0.4, 0.5) is 0 Å². The maximum Gasteiger partial charge on any atom is 0.0678 e. The first-order chi connectivity index (χ1) is 10.7. The second-order valence-electron chi connectivity index (χ2n) is 8.28. The molecule has 2 aliphatic heterocycles. The number of fused-ring (bicyclic) bond motifs is 2. The predicted molar refractivity (Wildman–Crippen MR) is 89.9 cm³/mol. The molecule has 0 spiro atoms. The van der Waals surface area contributed by atoms with Crippen molar-refractivity contribution in [3.8, 4) is 0 Å². The monoisotopic (exact) mass is 304 g/mol. The highest BCUT2D eigenvalue weighted by Crippen LogP contribution is 2.43. The van der Waals surface area contributed by atoms with E-state index >= 15 is 0 Å². The van der Waals surface area contributed by atoms with Gasteiger partial charge in [-0.2, -0.15) is 0 Å². The second-order valence-corrected chi connectivity index (χ2v) is 8.28. The van der Waals surface area contributed by atoms with Crippen LogP contribution in [-0.2, 0) is 4.74 Å². The Morgan fingerprint density at radius 2 is 1.73 bits per heavy atom. The van der Waals surface area contributed by atoms with Crippen LogP contribution in [0.2, 0.25) is 0 Å². The van der Waals surface area contributed by atoms with Crippen LogP contribution in [0.3, 0.4) is 0 Å². The third-order valence-electron chi connectivity index (χ3n) is 6.43. The van der Waals surface area contributed by atoms with E-state index in [-0.39, 0.29) is 0 Å². The van der Waals surface area contributed by atoms with E-state index in [4.69, 9.17) is 4.74 Å². The van der Waals surface area contributed by atoms with Gasteiger partial charge < -0.3 is 9.64 Å². The Hall–Kier alpha value is -0.380. The lowest BCUT2D eigenvalue weighted by molar-refractivity contribution is -0.0867. The number of rotatable bonds is 3. The minimum atomic E-state index is 0.405. The Labute approximate surface area is 135 Å². The Bertz CT molecular complexity index is 406. The Morgan fingerprint density at radius 3 is 2.32 bits per heavy atom. The van der Waals surface area contributed by atoms with E-state index in [1.165, 1.54) is 45.3 Å². The van der Waals surface area contributed by atoms with Crippen molar-refractivity contribution in [3.05, 3.63) is 12.2 Å². The summed E-state index contributed by atoms with van der Waals surface area (Å²) in [5.74, 6) is 2.78. The number of ether oxygens (including phenoxy) is 1. The minimum Gasteiger partial charge on any atom is -0.373 e. The normalized spacial score (nSPS) is 44.0. The van der Waals surface area contributed by atoms with Crippen molar-refractivity contribution < 1.29 is 4.74 Å². The van der Waals surface area contributed by atoms with Gasteiger partial charge in [0.1, 0.15) is 0 Å². The third-order valence-corrected chi connectivity index (χ3v) is 6.43. The predicted octanol–water partition coefficient (Wildman–Crippen LogP) is 2.77. The quantitative estimate of drug-likeness (QED) is 0.746. The highest BCUT2D eigenvalue weighted by molar-refractivity contribution is 5.10. The molecule has 22 heavy (non-hydrogen) atoms. The Balaban J connectivity index is 1.25. The van der Waals surface area contributed by atoms with Crippen LogP contribution in [0.5, 0.6) is 0 Å². The summed E-state index contributed by atoms with van der Waals surface area (Å²) < 4.78 is 5.89. The number of piperidine rings is 1. The Kier molecular flexibility index (Phi) is 4.31. The second kappa shape index (κ2) is 6.26. The molecule has 2 bridgehead atoms. The average molecular weight is 304 g/mol. The van der Waals surface area contributed by atoms with Crippen molar-refractivity contribution in [2.24, 2.45) is 17.8 Å². The topological polar surface area (TPSA) is 15.7 Å². The number of hydrogen-bond acceptors (Lipinski definition) is 3. The van der Waals surface area contributed by atoms with E-state index < -0.39 is 0 Å². The van der Waals surface area contributed by atoms with Crippen molar-refractivity contribution in [1.29, 1.82) is 0 Å². The maximum absolute atomic E-state index is 5.89. The molecule has 0 N–H and O–H groups in total. The molecule has 4 rings (SSSR count). The number of hydrogen-bond donors (Lipinski definition) is 0. The van der Waals surface area contributed by atoms with Crippen LogP contribution in [0.25, 0.3) is 0 Å². The van der Waals surface area contributed by atoms with E-state index in [0.717, 1.165) is 36.9 Å². The first-order valence-corrected chi connectivity index (χ1v) is 9.47. The molecule has 0 unspecified atom stereocenters. The van der Waals surface area contributed by atoms with Gasteiger partial charge in [-0.3, -0.25) is 4.90 Å². The molecule has 5 atom stereocenters. The van der Waals surface area contributed by atoms with E-state index in [1.807, 2.05) is 0 Å². The fourth-order valence-electron chi connectivity index (χ4n) is 5.42. The van der Waals surface area contributed by atoms with E-state index in [0.29, 0.717) is 12.2 Å². The summed E-state index contributed by atoms with van der Waals surface area (Å²) in [5, 5.41) is 0. The van der Waals surface area contributed by atoms with Gasteiger partial charge in [-0.25, -0.2) is 0 Å². The van der Waals surface area contributed by atoms with Crippen molar-refractivity contribution in [3.63, 3.8) is 0 Å². The average Bonchev–Trinajstić information content (AvgIpc) is 3.09. The highest BCUT2D eigenvalue weighted by Gasteiger charge is 2.37. The van der Waals surface area contributed by atoms with Crippen molar-refractivity contribution >= 4 is 0 Å². The maximum atomic E-state index is 5.89. The van der Waals surface area contributed by atoms with Crippen LogP contribution in [-0.4, -0.2) is 60.8 Å². The summed E-state index contributed by atoms with van der Waals surface area (Å²) in [6.45, 7) is 10.7. The zero-order valence-corrected chi connectivity index (χ0v) is 14.3. The van der Waals surface area contributed by atoms with Crippen LogP contribution in [0.15, 0.2) is 12.2 Å². The summed E-state index contributed by atoms with van der Waals surface area (Å²) in [4.78, 5) is 5.46. The molecule has 3 heteroatoms. The summed E-state index contributed by atoms with van der Waals surface area (Å²) >= 11 is 0. The molecule has 0 aromatic rings. The molecule has 1 saturated carbocycles. The molecular weight excluding hydrogens is 272 g/mol. The first kappa shape index (κ1) is 15.2. The molecule has 0 aromatic heterocycles. The van der Waals surface area contributed by atoms with Gasteiger partial charge in [-0.05, 0) is 70.4 Å². The first-order valence-electron chi connectivity index (χ1n) is 9.47. The molecule has 0 aromatic carbocycles. The van der Waals surface area contributed by atoms with Gasteiger partial charge >= 0.3 is 0 Å². The van der Waals surface area contributed by atoms with Crippen LogP contribution in [0, 0.1) is 17.8 Å². The summed E-state index contributed by atoms with van der Waals surface area (Å²) in [5.41, 5.74) is 0. The van der Waals surface area contributed by atoms with Gasteiger partial charge in [-0.15, -0.1) is 0 Å². The van der Waals surface area contributed by atoms with Crippen LogP contribution in [0.1, 0.15) is 39.5 Å². The lowest BCUT2D eigenvalue weighted by Crippen LogP contribution is -2.53. The van der Waals surface area contributed by atoms with Crippen LogP contribution >= 0.6 is 0 Å². The lowest BCUT2D eigenvalue weighted by atomic mass is 9.92. The number of allylic oxidation sites excluding steroid dienone is 2. The van der Waals surface area contributed by atoms with E-state index in [9.17, 15) is 0 Å². The fourth-order valence-corrected chi connectivity index (χ4v) is 5.42. The Morgan fingerprint density at radius 1 is 1.00 bits per heavy atom. The van der Waals surface area contributed by atoms with Gasteiger partial charge in [0, 0.05) is 25.7 Å². The highest BCUT2D eigenvalue weighted by atomic mass is 16.5. The molecule has 2 saturated heterocycles. The SMILES string of the molecule is C[C@@H]1CN(C2CCN(C[C@H]3C[C@H]4C=C[C@H]3C4)CC2)C[C@H](C)O1. The van der Waals surface area contributed by atoms with Gasteiger partial charge in [0.2, 0.25) is 0 Å². The van der Waals surface area contributed by atoms with E-state index in [2.05, 4.69) is 35.8 Å². The summed E-state index contributed by atoms with van der Waals surface area (Å²) in [7, 11) is 0. The summed E-state index contributed by atoms with van der Waals surface area (Å²) in [6.07, 6.45) is 11.4. The molecule has 3 fully saturated rings. The molecule has 2 aliphatic carbocycles. The molecule has 3 nitrogen and oxygen atoms in total. The fraction of sp³-hybridized carbons (Fsp3) is 0.895. The van der Waals surface area contributed by atoms with Crippen molar-refractivity contribution in [2.75, 3.05) is 32.7 Å². The number of morpholine rings is 1. The molecule has 0 amide bonds. The molecule has 2 heterocycles. The third kappa shape index (κ3) is 3.13. The largest absolute Gasteiger partial charge is 0.373 e. The summed E-state index contributed by atoms with van der Waals surface area (Å²) in [6, 6.07) is 0.796. The van der Waals surface area contributed by atoms with Crippen molar-refractivity contribution in [2.45, 2.75) is 57.8 Å². The number of likely N-dealkylation sites (tertiary alicyclic amines) is 1. The van der Waals surface area contributed by atoms with Gasteiger partial charge in [-0.1, -0.05) is 12.2 Å². The molecule has 124 valence electrons. The lowest BCUT2D eigenvalue weighted by Gasteiger charge is -2.44. The number of nitrogens with zero attached hydrogens (tertiary/aromatic N) is 2. The molecule has 0 radical (unpaired) electrons. The zero-order valence-electron chi connectivity index (χ0n) is 14.3. The van der Waals surface area contributed by atoms with Gasteiger partial charge in [0.25, 0.3) is 0 Å². The van der Waals surface area contributed by atoms with Gasteiger partial charge in [0.05, 0.1) is 12.2 Å².